The van der Waals surface area contributed by atoms with Crippen molar-refractivity contribution in [1.29, 1.82) is 0 Å². The first-order valence-corrected chi connectivity index (χ1v) is 12.3. The third kappa shape index (κ3) is 4.90. The second kappa shape index (κ2) is 10.7. The number of ether oxygens (including phenoxy) is 1. The molecular weight excluding hydrogens is 494 g/mol. The van der Waals surface area contributed by atoms with Crippen LogP contribution in [-0.2, 0) is 14.3 Å². The van der Waals surface area contributed by atoms with Crippen LogP contribution in [0.5, 0.6) is 0 Å². The first-order chi connectivity index (χ1) is 18.9. The zero-order chi connectivity index (χ0) is 27.5. The van der Waals surface area contributed by atoms with E-state index in [1.807, 2.05) is 30.3 Å². The van der Waals surface area contributed by atoms with Gasteiger partial charge in [0.15, 0.2) is 11.6 Å². The molecule has 1 amide bonds. The molecule has 0 bridgehead atoms. The molecule has 0 unspecified atom stereocenters. The van der Waals surface area contributed by atoms with Crippen molar-refractivity contribution in [1.82, 2.24) is 0 Å². The summed E-state index contributed by atoms with van der Waals surface area (Å²) in [7, 11) is 0. The van der Waals surface area contributed by atoms with Gasteiger partial charge in [-0.1, -0.05) is 84.9 Å². The number of ketones is 3. The predicted molar refractivity (Wildman–Crippen MR) is 144 cm³/mol. The molecule has 1 N–H and O–H groups in total. The molecule has 7 nitrogen and oxygen atoms in total. The SMILES string of the molecule is CC(=O)c1ccccc1NC(=O)C(=O)[C@@H](C(=O)c1ccccc1-c1ccccc1)[C@H]1OC(=O)c2ccccc21. The lowest BCUT2D eigenvalue weighted by Crippen LogP contribution is -2.38. The number of benzene rings is 4. The van der Waals surface area contributed by atoms with Crippen LogP contribution in [0, 0.1) is 5.92 Å². The van der Waals surface area contributed by atoms with Crippen LogP contribution in [0.1, 0.15) is 49.7 Å². The first kappa shape index (κ1) is 25.5. The summed E-state index contributed by atoms with van der Waals surface area (Å²) in [4.78, 5) is 66.0. The Labute approximate surface area is 224 Å². The number of para-hydroxylation sites is 1. The van der Waals surface area contributed by atoms with Crippen molar-refractivity contribution in [3.63, 3.8) is 0 Å². The van der Waals surface area contributed by atoms with Crippen molar-refractivity contribution < 1.29 is 28.7 Å². The average Bonchev–Trinajstić information content (AvgIpc) is 3.29. The molecule has 1 aliphatic rings. The number of anilines is 1. The van der Waals surface area contributed by atoms with Gasteiger partial charge in [0, 0.05) is 16.7 Å². The fourth-order valence-corrected chi connectivity index (χ4v) is 4.77. The lowest BCUT2D eigenvalue weighted by Gasteiger charge is -2.22. The zero-order valence-electron chi connectivity index (χ0n) is 20.9. The van der Waals surface area contributed by atoms with Crippen LogP contribution in [0.3, 0.4) is 0 Å². The van der Waals surface area contributed by atoms with E-state index in [4.69, 9.17) is 4.74 Å². The summed E-state index contributed by atoms with van der Waals surface area (Å²) < 4.78 is 5.55. The van der Waals surface area contributed by atoms with Gasteiger partial charge in [0.2, 0.25) is 5.78 Å². The van der Waals surface area contributed by atoms with Crippen molar-refractivity contribution in [2.45, 2.75) is 13.0 Å². The fraction of sp³-hybridized carbons (Fsp3) is 0.0938. The van der Waals surface area contributed by atoms with E-state index >= 15 is 0 Å². The van der Waals surface area contributed by atoms with Crippen LogP contribution < -0.4 is 5.32 Å². The molecule has 0 saturated carbocycles. The third-order valence-electron chi connectivity index (χ3n) is 6.64. The molecule has 7 heteroatoms. The topological polar surface area (TPSA) is 107 Å². The molecule has 0 aliphatic carbocycles. The van der Waals surface area contributed by atoms with Gasteiger partial charge in [-0.3, -0.25) is 19.2 Å². The second-order valence-electron chi connectivity index (χ2n) is 9.09. The highest BCUT2D eigenvalue weighted by molar-refractivity contribution is 6.45. The van der Waals surface area contributed by atoms with Crippen LogP contribution in [0.4, 0.5) is 5.69 Å². The second-order valence-corrected chi connectivity index (χ2v) is 9.09. The van der Waals surface area contributed by atoms with Crippen molar-refractivity contribution in [2.75, 3.05) is 5.32 Å². The zero-order valence-corrected chi connectivity index (χ0v) is 20.9. The van der Waals surface area contributed by atoms with Gasteiger partial charge in [-0.25, -0.2) is 4.79 Å². The van der Waals surface area contributed by atoms with Crippen LogP contribution in [-0.4, -0.2) is 29.2 Å². The number of carbonyl (C=O) groups is 5. The highest BCUT2D eigenvalue weighted by Gasteiger charge is 2.46. The van der Waals surface area contributed by atoms with Crippen LogP contribution in [0.25, 0.3) is 11.1 Å². The molecule has 1 heterocycles. The molecule has 2 atom stereocenters. The standard InChI is InChI=1S/C32H23NO6/c1-19(34)21-13-9-10-18-26(21)33-31(37)29(36)27(30-24-16-7-8-17-25(24)32(38)39-30)28(35)23-15-6-5-14-22(23)20-11-3-2-4-12-20/h2-18,27,30H,1H3,(H,33,37)/t27-,30+/m1/s1. The summed E-state index contributed by atoms with van der Waals surface area (Å²) in [6.07, 6.45) is -1.30. The van der Waals surface area contributed by atoms with E-state index in [1.54, 1.807) is 60.7 Å². The Morgan fingerprint density at radius 3 is 2.03 bits per heavy atom. The van der Waals surface area contributed by atoms with E-state index < -0.39 is 35.5 Å². The minimum absolute atomic E-state index is 0.142. The summed E-state index contributed by atoms with van der Waals surface area (Å²) in [5, 5.41) is 2.48. The predicted octanol–water partition coefficient (Wildman–Crippen LogP) is 5.47. The van der Waals surface area contributed by atoms with Gasteiger partial charge in [0.25, 0.3) is 5.91 Å². The molecule has 4 aromatic carbocycles. The van der Waals surface area contributed by atoms with E-state index in [1.165, 1.54) is 19.1 Å². The molecular formula is C32H23NO6. The summed E-state index contributed by atoms with van der Waals surface area (Å²) in [6.45, 7) is 1.34. The lowest BCUT2D eigenvalue weighted by atomic mass is 9.82. The number of fused-ring (bicyclic) bond motifs is 1. The highest BCUT2D eigenvalue weighted by atomic mass is 16.5. The quantitative estimate of drug-likeness (QED) is 0.144. The number of nitrogens with one attached hydrogen (secondary N) is 1. The molecule has 4 aromatic rings. The maximum atomic E-state index is 14.2. The smallest absolute Gasteiger partial charge is 0.339 e. The van der Waals surface area contributed by atoms with Gasteiger partial charge < -0.3 is 10.1 Å². The number of Topliss-reactive ketones (excluding diaryl/α,β-unsaturated/α-hetero) is 3. The largest absolute Gasteiger partial charge is 0.453 e. The van der Waals surface area contributed by atoms with E-state index in [0.717, 1.165) is 5.56 Å². The summed E-state index contributed by atoms with van der Waals surface area (Å²) in [5.74, 6) is -5.49. The normalized spacial score (nSPS) is 14.6. The van der Waals surface area contributed by atoms with E-state index in [2.05, 4.69) is 5.32 Å². The van der Waals surface area contributed by atoms with E-state index in [9.17, 15) is 24.0 Å². The Morgan fingerprint density at radius 1 is 0.718 bits per heavy atom. The minimum atomic E-state index is -1.66. The maximum absolute atomic E-state index is 14.2. The molecule has 0 aromatic heterocycles. The Balaban J connectivity index is 1.58. The van der Waals surface area contributed by atoms with Crippen LogP contribution >= 0.6 is 0 Å². The van der Waals surface area contributed by atoms with Crippen molar-refractivity contribution in [3.05, 3.63) is 125 Å². The van der Waals surface area contributed by atoms with E-state index in [0.29, 0.717) is 11.1 Å². The number of carbonyl (C=O) groups excluding carboxylic acids is 5. The third-order valence-corrected chi connectivity index (χ3v) is 6.64. The lowest BCUT2D eigenvalue weighted by molar-refractivity contribution is -0.138. The Bertz CT molecular complexity index is 1620. The van der Waals surface area contributed by atoms with Gasteiger partial charge in [-0.15, -0.1) is 0 Å². The number of esters is 1. The number of hydrogen-bond donors (Lipinski definition) is 1. The number of cyclic esters (lactones) is 1. The van der Waals surface area contributed by atoms with Gasteiger partial charge in [-0.05, 0) is 36.2 Å². The number of amides is 1. The molecule has 0 fully saturated rings. The first-order valence-electron chi connectivity index (χ1n) is 12.3. The summed E-state index contributed by atoms with van der Waals surface area (Å²) in [5.41, 5.74) is 2.46. The maximum Gasteiger partial charge on any atom is 0.339 e. The van der Waals surface area contributed by atoms with Gasteiger partial charge in [0.1, 0.15) is 12.0 Å². The summed E-state index contributed by atoms with van der Waals surface area (Å²) >= 11 is 0. The van der Waals surface area contributed by atoms with Gasteiger partial charge in [-0.2, -0.15) is 0 Å². The van der Waals surface area contributed by atoms with Crippen molar-refractivity contribution >= 4 is 34.9 Å². The molecule has 1 aliphatic heterocycles. The van der Waals surface area contributed by atoms with Crippen molar-refractivity contribution in [2.24, 2.45) is 5.92 Å². The van der Waals surface area contributed by atoms with Crippen molar-refractivity contribution in [3.8, 4) is 11.1 Å². The highest BCUT2D eigenvalue weighted by Crippen LogP contribution is 2.39. The van der Waals surface area contributed by atoms with Gasteiger partial charge >= 0.3 is 5.97 Å². The summed E-state index contributed by atoms with van der Waals surface area (Å²) in [6, 6.07) is 28.7. The molecule has 192 valence electrons. The number of rotatable bonds is 8. The number of hydrogen-bond acceptors (Lipinski definition) is 6. The monoisotopic (exact) mass is 517 g/mol. The Morgan fingerprint density at radius 2 is 1.31 bits per heavy atom. The average molecular weight is 518 g/mol. The Hall–Kier alpha value is -5.17. The van der Waals surface area contributed by atoms with E-state index in [-0.39, 0.29) is 28.2 Å². The molecule has 0 radical (unpaired) electrons. The molecule has 0 saturated heterocycles. The van der Waals surface area contributed by atoms with Crippen LogP contribution in [0.15, 0.2) is 103 Å². The fourth-order valence-electron chi connectivity index (χ4n) is 4.77. The van der Waals surface area contributed by atoms with Gasteiger partial charge in [0.05, 0.1) is 11.3 Å². The molecule has 0 spiro atoms. The Kier molecular flexibility index (Phi) is 6.97. The van der Waals surface area contributed by atoms with Crippen LogP contribution in [0.2, 0.25) is 0 Å². The molecule has 39 heavy (non-hydrogen) atoms. The minimum Gasteiger partial charge on any atom is -0.453 e. The molecule has 5 rings (SSSR count).